The Kier molecular flexibility index (Phi) is 3.68. The van der Waals surface area contributed by atoms with E-state index in [1.807, 2.05) is 6.07 Å². The van der Waals surface area contributed by atoms with Crippen molar-refractivity contribution in [2.24, 2.45) is 0 Å². The molecule has 0 aliphatic heterocycles. The average Bonchev–Trinajstić information content (AvgIpc) is 2.69. The average molecular weight is 290 g/mol. The number of aromatic nitrogens is 1. The van der Waals surface area contributed by atoms with E-state index >= 15 is 0 Å². The van der Waals surface area contributed by atoms with Gasteiger partial charge in [0.15, 0.2) is 23.3 Å². The van der Waals surface area contributed by atoms with Gasteiger partial charge in [0.05, 0.1) is 10.9 Å². The number of anilines is 2. The first kappa shape index (κ1) is 13.0. The van der Waals surface area contributed by atoms with Gasteiger partial charge in [0.2, 0.25) is 0 Å². The molecule has 0 atom stereocenters. The van der Waals surface area contributed by atoms with E-state index < -0.39 is 11.6 Å². The van der Waals surface area contributed by atoms with Crippen LogP contribution in [0.1, 0.15) is 4.88 Å². The highest BCUT2D eigenvalue weighted by molar-refractivity contribution is 7.16. The van der Waals surface area contributed by atoms with Crippen molar-refractivity contribution in [1.29, 1.82) is 0 Å². The van der Waals surface area contributed by atoms with Crippen molar-refractivity contribution in [3.63, 3.8) is 0 Å². The molecule has 0 aromatic carbocycles. The van der Waals surface area contributed by atoms with E-state index in [-0.39, 0.29) is 11.6 Å². The zero-order valence-corrected chi connectivity index (χ0v) is 11.0. The highest BCUT2D eigenvalue weighted by Crippen LogP contribution is 2.25. The summed E-state index contributed by atoms with van der Waals surface area (Å²) in [6, 6.07) is 4.34. The summed E-state index contributed by atoms with van der Waals surface area (Å²) >= 11 is 7.20. The van der Waals surface area contributed by atoms with Gasteiger partial charge in [-0.05, 0) is 12.1 Å². The van der Waals surface area contributed by atoms with E-state index in [9.17, 15) is 8.78 Å². The minimum Gasteiger partial charge on any atom is -0.381 e. The van der Waals surface area contributed by atoms with Crippen molar-refractivity contribution >= 4 is 34.6 Å². The first-order chi connectivity index (χ1) is 8.47. The molecule has 3 nitrogen and oxygen atoms in total. The summed E-state index contributed by atoms with van der Waals surface area (Å²) in [4.78, 5) is 6.20. The number of rotatable bonds is 3. The summed E-state index contributed by atoms with van der Waals surface area (Å²) in [6.07, 6.45) is 0. The number of hydrogen-bond acceptors (Lipinski definition) is 4. The highest BCUT2D eigenvalue weighted by Gasteiger charge is 2.14. The zero-order valence-electron chi connectivity index (χ0n) is 9.45. The van der Waals surface area contributed by atoms with Crippen molar-refractivity contribution < 1.29 is 8.78 Å². The van der Waals surface area contributed by atoms with Crippen molar-refractivity contribution in [2.75, 3.05) is 17.7 Å². The largest absolute Gasteiger partial charge is 0.381 e. The summed E-state index contributed by atoms with van der Waals surface area (Å²) < 4.78 is 27.2. The Balaban J connectivity index is 2.23. The number of hydrogen-bond donors (Lipinski definition) is 1. The molecular weight excluding hydrogens is 280 g/mol. The van der Waals surface area contributed by atoms with Crippen LogP contribution in [0.15, 0.2) is 18.2 Å². The molecule has 0 saturated carbocycles. The molecule has 0 spiro atoms. The van der Waals surface area contributed by atoms with Gasteiger partial charge >= 0.3 is 0 Å². The summed E-state index contributed by atoms with van der Waals surface area (Å²) in [5.74, 6) is -1.91. The molecule has 2 rings (SSSR count). The Bertz CT molecular complexity index is 573. The molecule has 2 aromatic heterocycles. The molecule has 2 heterocycles. The lowest BCUT2D eigenvalue weighted by Gasteiger charge is -2.18. The minimum absolute atomic E-state index is 0.0124. The standard InChI is InChI=1S/C11H10ClF2N3S/c1-17(5-6-2-3-9(12)18-6)11-8(14)4-7(13)10(15)16-11/h2-4H,5H2,1H3,(H2,15,16). The molecular formula is C11H10ClF2N3S. The lowest BCUT2D eigenvalue weighted by molar-refractivity contribution is 0.574. The Hall–Kier alpha value is -1.40. The van der Waals surface area contributed by atoms with Crippen LogP contribution >= 0.6 is 22.9 Å². The third kappa shape index (κ3) is 2.70. The van der Waals surface area contributed by atoms with Crippen molar-refractivity contribution in [3.05, 3.63) is 39.0 Å². The Labute approximate surface area is 112 Å². The Morgan fingerprint density at radius 2 is 2.11 bits per heavy atom. The van der Waals surface area contributed by atoms with E-state index in [1.54, 1.807) is 18.0 Å². The predicted molar refractivity (Wildman–Crippen MR) is 70.0 cm³/mol. The summed E-state index contributed by atoms with van der Waals surface area (Å²) in [7, 11) is 1.65. The van der Waals surface area contributed by atoms with Gasteiger partial charge in [0.1, 0.15) is 0 Å². The van der Waals surface area contributed by atoms with Gasteiger partial charge in [-0.1, -0.05) is 11.6 Å². The van der Waals surface area contributed by atoms with Crippen molar-refractivity contribution in [3.8, 4) is 0 Å². The normalized spacial score (nSPS) is 10.7. The maximum atomic E-state index is 13.6. The fourth-order valence-corrected chi connectivity index (χ4v) is 2.62. The van der Waals surface area contributed by atoms with Gasteiger partial charge in [-0.3, -0.25) is 0 Å². The smallest absolute Gasteiger partial charge is 0.168 e. The quantitative estimate of drug-likeness (QED) is 0.943. The molecule has 0 amide bonds. The first-order valence-electron chi connectivity index (χ1n) is 5.04. The molecule has 0 bridgehead atoms. The Morgan fingerprint density at radius 3 is 2.72 bits per heavy atom. The van der Waals surface area contributed by atoms with Gasteiger partial charge in [-0.15, -0.1) is 11.3 Å². The van der Waals surface area contributed by atoms with Gasteiger partial charge in [-0.25, -0.2) is 13.8 Å². The lowest BCUT2D eigenvalue weighted by Crippen LogP contribution is -2.19. The van der Waals surface area contributed by atoms with Gasteiger partial charge in [0.25, 0.3) is 0 Å². The van der Waals surface area contributed by atoms with Gasteiger partial charge in [0, 0.05) is 18.0 Å². The molecule has 0 unspecified atom stereocenters. The molecule has 0 aliphatic carbocycles. The monoisotopic (exact) mass is 289 g/mol. The zero-order chi connectivity index (χ0) is 13.3. The van der Waals surface area contributed by atoms with Crippen LogP contribution in [0, 0.1) is 11.6 Å². The fourth-order valence-electron chi connectivity index (χ4n) is 1.48. The molecule has 7 heteroatoms. The molecule has 0 fully saturated rings. The maximum Gasteiger partial charge on any atom is 0.168 e. The van der Waals surface area contributed by atoms with Crippen molar-refractivity contribution in [1.82, 2.24) is 4.98 Å². The SMILES string of the molecule is CN(Cc1ccc(Cl)s1)c1nc(N)c(F)cc1F. The Morgan fingerprint density at radius 1 is 1.39 bits per heavy atom. The molecule has 0 saturated heterocycles. The van der Waals surface area contributed by atoms with Crippen LogP contribution in [0.3, 0.4) is 0 Å². The number of halogens is 3. The van der Waals surface area contributed by atoms with E-state index in [0.29, 0.717) is 10.9 Å². The van der Waals surface area contributed by atoms with Gasteiger partial charge < -0.3 is 10.6 Å². The topological polar surface area (TPSA) is 42.2 Å². The van der Waals surface area contributed by atoms with Crippen molar-refractivity contribution in [2.45, 2.75) is 6.54 Å². The van der Waals surface area contributed by atoms with Crippen LogP contribution < -0.4 is 10.6 Å². The minimum atomic E-state index is -0.858. The number of nitrogens with zero attached hydrogens (tertiary/aromatic N) is 2. The summed E-state index contributed by atoms with van der Waals surface area (Å²) in [5.41, 5.74) is 5.33. The second kappa shape index (κ2) is 5.07. The van der Waals surface area contributed by atoms with Crippen LogP contribution in [0.2, 0.25) is 4.34 Å². The molecule has 18 heavy (non-hydrogen) atoms. The lowest BCUT2D eigenvalue weighted by atomic mass is 10.3. The first-order valence-corrected chi connectivity index (χ1v) is 6.23. The van der Waals surface area contributed by atoms with E-state index in [0.717, 1.165) is 10.9 Å². The maximum absolute atomic E-state index is 13.6. The second-order valence-corrected chi connectivity index (χ2v) is 5.52. The number of thiophene rings is 1. The van der Waals surface area contributed by atoms with Crippen LogP contribution in [0.4, 0.5) is 20.4 Å². The molecule has 0 aliphatic rings. The van der Waals surface area contributed by atoms with Crippen LogP contribution in [-0.2, 0) is 6.54 Å². The predicted octanol–water partition coefficient (Wildman–Crippen LogP) is 3.29. The summed E-state index contributed by atoms with van der Waals surface area (Å²) in [6.45, 7) is 0.423. The third-order valence-corrected chi connectivity index (χ3v) is 3.54. The van der Waals surface area contributed by atoms with E-state index in [1.165, 1.54) is 11.3 Å². The fraction of sp³-hybridized carbons (Fsp3) is 0.182. The van der Waals surface area contributed by atoms with E-state index in [2.05, 4.69) is 4.98 Å². The third-order valence-electron chi connectivity index (χ3n) is 2.32. The number of nitrogen functional groups attached to an aromatic ring is 1. The number of nitrogens with two attached hydrogens (primary N) is 1. The molecule has 0 radical (unpaired) electrons. The number of pyridine rings is 1. The van der Waals surface area contributed by atoms with E-state index in [4.69, 9.17) is 17.3 Å². The molecule has 2 aromatic rings. The van der Waals surface area contributed by atoms with Crippen LogP contribution in [0.5, 0.6) is 0 Å². The summed E-state index contributed by atoms with van der Waals surface area (Å²) in [5, 5.41) is 0. The second-order valence-electron chi connectivity index (χ2n) is 3.72. The highest BCUT2D eigenvalue weighted by atomic mass is 35.5. The van der Waals surface area contributed by atoms with Crippen LogP contribution in [-0.4, -0.2) is 12.0 Å². The van der Waals surface area contributed by atoms with Gasteiger partial charge in [-0.2, -0.15) is 0 Å². The van der Waals surface area contributed by atoms with Crippen LogP contribution in [0.25, 0.3) is 0 Å². The molecule has 96 valence electrons. The molecule has 2 N–H and O–H groups in total.